The van der Waals surface area contributed by atoms with Crippen molar-refractivity contribution in [1.29, 1.82) is 0 Å². The molecule has 0 saturated heterocycles. The van der Waals surface area contributed by atoms with Crippen LogP contribution in [0.5, 0.6) is 0 Å². The van der Waals surface area contributed by atoms with Gasteiger partial charge in [-0.1, -0.05) is 69.2 Å². The molecule has 1 nitrogen and oxygen atoms in total. The van der Waals surface area contributed by atoms with E-state index in [0.29, 0.717) is 12.0 Å². The lowest BCUT2D eigenvalue weighted by atomic mass is 9.83. The molecule has 0 aliphatic heterocycles. The molecule has 1 unspecified atom stereocenters. The first-order valence-electron chi connectivity index (χ1n) is 10.7. The lowest BCUT2D eigenvalue weighted by Crippen LogP contribution is -2.43. The standard InChI is InChI=1S/C23H35Cl2N.ClH/c1-3-26(20-12-8-5-9-13-20)17-23(2,25)19-14-15-21(22(24)16-19)18-10-6-4-7-11-18;/h14-16,18,20H,3-13,17H2,1-2H3;1H. The molecule has 154 valence electrons. The molecule has 1 atom stereocenters. The first-order chi connectivity index (χ1) is 12.5. The number of rotatable bonds is 6. The number of hydrogen-bond donors (Lipinski definition) is 0. The third kappa shape index (κ3) is 6.01. The van der Waals surface area contributed by atoms with Crippen molar-refractivity contribution in [3.63, 3.8) is 0 Å². The molecule has 2 aliphatic rings. The van der Waals surface area contributed by atoms with Gasteiger partial charge in [0.05, 0.1) is 4.87 Å². The summed E-state index contributed by atoms with van der Waals surface area (Å²) in [4.78, 5) is 2.21. The van der Waals surface area contributed by atoms with Crippen LogP contribution in [0.1, 0.15) is 95.1 Å². The molecule has 0 radical (unpaired) electrons. The van der Waals surface area contributed by atoms with Crippen LogP contribution in [0, 0.1) is 0 Å². The van der Waals surface area contributed by atoms with Gasteiger partial charge in [-0.15, -0.1) is 24.0 Å². The van der Waals surface area contributed by atoms with Crippen molar-refractivity contribution in [3.05, 3.63) is 34.3 Å². The highest BCUT2D eigenvalue weighted by atomic mass is 35.5. The lowest BCUT2D eigenvalue weighted by molar-refractivity contribution is 0.149. The minimum absolute atomic E-state index is 0. The van der Waals surface area contributed by atoms with Crippen molar-refractivity contribution in [2.45, 2.75) is 94.9 Å². The van der Waals surface area contributed by atoms with Crippen molar-refractivity contribution >= 4 is 35.6 Å². The fraction of sp³-hybridized carbons (Fsp3) is 0.739. The van der Waals surface area contributed by atoms with E-state index in [0.717, 1.165) is 23.7 Å². The highest BCUT2D eigenvalue weighted by molar-refractivity contribution is 6.31. The van der Waals surface area contributed by atoms with E-state index in [9.17, 15) is 0 Å². The van der Waals surface area contributed by atoms with E-state index in [4.69, 9.17) is 23.2 Å². The second-order valence-electron chi connectivity index (χ2n) is 8.62. The summed E-state index contributed by atoms with van der Waals surface area (Å²) in [6.07, 6.45) is 13.4. The van der Waals surface area contributed by atoms with E-state index >= 15 is 0 Å². The van der Waals surface area contributed by atoms with Crippen molar-refractivity contribution < 1.29 is 0 Å². The third-order valence-corrected chi connectivity index (χ3v) is 7.31. The van der Waals surface area contributed by atoms with Gasteiger partial charge in [0.15, 0.2) is 0 Å². The number of halogens is 3. The van der Waals surface area contributed by atoms with Crippen LogP contribution >= 0.6 is 35.6 Å². The van der Waals surface area contributed by atoms with Crippen LogP contribution in [0.25, 0.3) is 0 Å². The zero-order valence-corrected chi connectivity index (χ0v) is 19.3. The van der Waals surface area contributed by atoms with Gasteiger partial charge < -0.3 is 0 Å². The Labute approximate surface area is 182 Å². The summed E-state index contributed by atoms with van der Waals surface area (Å²) >= 11 is 13.8. The van der Waals surface area contributed by atoms with E-state index in [-0.39, 0.29) is 17.3 Å². The highest BCUT2D eigenvalue weighted by Crippen LogP contribution is 2.39. The fourth-order valence-electron chi connectivity index (χ4n) is 5.01. The van der Waals surface area contributed by atoms with Gasteiger partial charge in [-0.05, 0) is 62.3 Å². The van der Waals surface area contributed by atoms with Gasteiger partial charge in [0.25, 0.3) is 0 Å². The summed E-state index contributed by atoms with van der Waals surface area (Å²) in [5.41, 5.74) is 2.50. The van der Waals surface area contributed by atoms with E-state index in [1.54, 1.807) is 0 Å². The molecule has 0 aromatic heterocycles. The molecule has 27 heavy (non-hydrogen) atoms. The molecule has 0 amide bonds. The molecule has 1 aromatic carbocycles. The number of nitrogens with zero attached hydrogens (tertiary/aromatic N) is 1. The van der Waals surface area contributed by atoms with Gasteiger partial charge in [0.2, 0.25) is 0 Å². The van der Waals surface area contributed by atoms with Crippen molar-refractivity contribution in [3.8, 4) is 0 Å². The maximum absolute atomic E-state index is 7.06. The summed E-state index contributed by atoms with van der Waals surface area (Å²) in [6.45, 7) is 6.39. The number of benzene rings is 1. The summed E-state index contributed by atoms with van der Waals surface area (Å²) in [5, 5.41) is 0.919. The van der Waals surface area contributed by atoms with Gasteiger partial charge in [-0.3, -0.25) is 4.90 Å². The van der Waals surface area contributed by atoms with Crippen LogP contribution in [-0.4, -0.2) is 24.0 Å². The Morgan fingerprint density at radius 2 is 1.59 bits per heavy atom. The summed E-state index contributed by atoms with van der Waals surface area (Å²) in [5.74, 6) is 0.640. The van der Waals surface area contributed by atoms with Crippen LogP contribution < -0.4 is 0 Å². The van der Waals surface area contributed by atoms with Crippen LogP contribution in [-0.2, 0) is 4.87 Å². The van der Waals surface area contributed by atoms with Gasteiger partial charge in [0.1, 0.15) is 0 Å². The van der Waals surface area contributed by atoms with Crippen LogP contribution in [0.2, 0.25) is 5.02 Å². The predicted molar refractivity (Wildman–Crippen MR) is 122 cm³/mol. The van der Waals surface area contributed by atoms with Crippen molar-refractivity contribution in [1.82, 2.24) is 4.90 Å². The van der Waals surface area contributed by atoms with Crippen LogP contribution in [0.15, 0.2) is 18.2 Å². The molecule has 2 aliphatic carbocycles. The molecule has 2 saturated carbocycles. The Hall–Kier alpha value is 0.0500. The third-order valence-electron chi connectivity index (χ3n) is 6.64. The van der Waals surface area contributed by atoms with Crippen molar-refractivity contribution in [2.75, 3.05) is 13.1 Å². The summed E-state index contributed by atoms with van der Waals surface area (Å²) in [7, 11) is 0. The van der Waals surface area contributed by atoms with Gasteiger partial charge in [0, 0.05) is 17.6 Å². The molecular weight excluding hydrogens is 397 g/mol. The largest absolute Gasteiger partial charge is 0.299 e. The highest BCUT2D eigenvalue weighted by Gasteiger charge is 2.31. The first-order valence-corrected chi connectivity index (χ1v) is 11.5. The average molecular weight is 433 g/mol. The molecule has 1 aromatic rings. The zero-order chi connectivity index (χ0) is 18.6. The Morgan fingerprint density at radius 3 is 2.15 bits per heavy atom. The van der Waals surface area contributed by atoms with E-state index < -0.39 is 0 Å². The Morgan fingerprint density at radius 1 is 1.00 bits per heavy atom. The van der Waals surface area contributed by atoms with Gasteiger partial charge >= 0.3 is 0 Å². The second-order valence-corrected chi connectivity index (χ2v) is 9.86. The zero-order valence-electron chi connectivity index (χ0n) is 17.0. The number of hydrogen-bond acceptors (Lipinski definition) is 1. The topological polar surface area (TPSA) is 3.24 Å². The maximum atomic E-state index is 7.06. The molecule has 0 spiro atoms. The number of alkyl halides is 1. The van der Waals surface area contributed by atoms with Crippen molar-refractivity contribution in [2.24, 2.45) is 0 Å². The molecule has 2 fully saturated rings. The summed E-state index contributed by atoms with van der Waals surface area (Å²) in [6, 6.07) is 7.33. The van der Waals surface area contributed by atoms with Gasteiger partial charge in [-0.2, -0.15) is 0 Å². The minimum Gasteiger partial charge on any atom is -0.299 e. The molecule has 3 rings (SSSR count). The SMILES string of the molecule is CCN(CC(C)(Cl)c1ccc(C2CCCCC2)c(Cl)c1)C1CCCCC1.Cl. The van der Waals surface area contributed by atoms with E-state index in [1.807, 2.05) is 0 Å². The first kappa shape index (κ1) is 23.3. The second kappa shape index (κ2) is 10.7. The van der Waals surface area contributed by atoms with E-state index in [2.05, 4.69) is 36.9 Å². The van der Waals surface area contributed by atoms with Crippen LogP contribution in [0.3, 0.4) is 0 Å². The fourth-order valence-corrected chi connectivity index (χ4v) is 5.62. The molecule has 0 N–H and O–H groups in total. The quantitative estimate of drug-likeness (QED) is 0.412. The smallest absolute Gasteiger partial charge is 0.0794 e. The monoisotopic (exact) mass is 431 g/mol. The Balaban J connectivity index is 0.00000261. The van der Waals surface area contributed by atoms with Gasteiger partial charge in [-0.25, -0.2) is 0 Å². The minimum atomic E-state index is -0.387. The average Bonchev–Trinajstić information content (AvgIpc) is 2.67. The van der Waals surface area contributed by atoms with E-state index in [1.165, 1.54) is 69.8 Å². The molecule has 0 bridgehead atoms. The molecular formula is C23H36Cl3N. The lowest BCUT2D eigenvalue weighted by Gasteiger charge is -2.38. The molecule has 0 heterocycles. The molecule has 4 heteroatoms. The summed E-state index contributed by atoms with van der Waals surface area (Å²) < 4.78 is 0. The van der Waals surface area contributed by atoms with Crippen LogP contribution in [0.4, 0.5) is 0 Å². The normalized spacial score (nSPS) is 21.7. The Kier molecular flexibility index (Phi) is 9.26. The predicted octanol–water partition coefficient (Wildman–Crippen LogP) is 7.92. The number of likely N-dealkylation sites (N-methyl/N-ethyl adjacent to an activating group) is 1. The Bertz CT molecular complexity index is 575. The maximum Gasteiger partial charge on any atom is 0.0794 e.